The Labute approximate surface area is 105 Å². The smallest absolute Gasteiger partial charge is 0.0373 e. The van der Waals surface area contributed by atoms with Crippen LogP contribution in [0, 0.1) is 0 Å². The molecule has 0 aliphatic carbocycles. The first kappa shape index (κ1) is 12.4. The van der Waals surface area contributed by atoms with Crippen molar-refractivity contribution in [2.45, 2.75) is 39.7 Å². The van der Waals surface area contributed by atoms with Crippen LogP contribution >= 0.6 is 0 Å². The molecule has 0 saturated heterocycles. The van der Waals surface area contributed by atoms with E-state index >= 15 is 0 Å². The molecule has 94 valence electrons. The van der Waals surface area contributed by atoms with E-state index < -0.39 is 0 Å². The molecule has 2 rings (SSSR count). The zero-order valence-electron chi connectivity index (χ0n) is 11.1. The standard InChI is InChI=1S/C15H24N2/c1-3-9-17(10-4-2)12-13-5-6-15-14(11-13)7-8-16-15/h5-6,11,16H,3-4,7-10,12H2,1-2H3. The maximum Gasteiger partial charge on any atom is 0.0373 e. The Balaban J connectivity index is 2.01. The van der Waals surface area contributed by atoms with E-state index in [1.165, 1.54) is 49.2 Å². The Kier molecular flexibility index (Phi) is 4.43. The van der Waals surface area contributed by atoms with Crippen LogP contribution in [0.5, 0.6) is 0 Å². The average molecular weight is 232 g/mol. The fourth-order valence-electron chi connectivity index (χ4n) is 2.62. The van der Waals surface area contributed by atoms with E-state index in [2.05, 4.69) is 42.3 Å². The van der Waals surface area contributed by atoms with E-state index in [4.69, 9.17) is 0 Å². The maximum atomic E-state index is 3.42. The minimum absolute atomic E-state index is 1.10. The summed E-state index contributed by atoms with van der Waals surface area (Å²) in [6, 6.07) is 6.90. The molecule has 1 heterocycles. The number of hydrogen-bond acceptors (Lipinski definition) is 2. The maximum absolute atomic E-state index is 3.42. The summed E-state index contributed by atoms with van der Waals surface area (Å²) in [6.07, 6.45) is 3.67. The van der Waals surface area contributed by atoms with Gasteiger partial charge in [-0.1, -0.05) is 26.0 Å². The molecule has 17 heavy (non-hydrogen) atoms. The molecular formula is C15H24N2. The molecule has 1 aromatic carbocycles. The first-order chi connectivity index (χ1) is 8.33. The van der Waals surface area contributed by atoms with E-state index in [0.29, 0.717) is 0 Å². The Morgan fingerprint density at radius 1 is 1.18 bits per heavy atom. The molecule has 0 aromatic heterocycles. The molecule has 0 atom stereocenters. The van der Waals surface area contributed by atoms with Crippen LogP contribution in [0.15, 0.2) is 18.2 Å². The number of hydrogen-bond donors (Lipinski definition) is 1. The highest BCUT2D eigenvalue weighted by atomic mass is 15.1. The lowest BCUT2D eigenvalue weighted by Gasteiger charge is -2.21. The lowest BCUT2D eigenvalue weighted by Crippen LogP contribution is -2.24. The molecule has 2 nitrogen and oxygen atoms in total. The summed E-state index contributed by atoms with van der Waals surface area (Å²) in [5, 5.41) is 3.42. The van der Waals surface area contributed by atoms with Crippen molar-refractivity contribution in [1.29, 1.82) is 0 Å². The fourth-order valence-corrected chi connectivity index (χ4v) is 2.62. The molecule has 0 spiro atoms. The van der Waals surface area contributed by atoms with Gasteiger partial charge >= 0.3 is 0 Å². The number of fused-ring (bicyclic) bond motifs is 1. The highest BCUT2D eigenvalue weighted by Crippen LogP contribution is 2.23. The van der Waals surface area contributed by atoms with Crippen LogP contribution < -0.4 is 5.32 Å². The molecule has 0 bridgehead atoms. The monoisotopic (exact) mass is 232 g/mol. The quantitative estimate of drug-likeness (QED) is 0.809. The van der Waals surface area contributed by atoms with Gasteiger partial charge in [-0.25, -0.2) is 0 Å². The SMILES string of the molecule is CCCN(CCC)Cc1ccc2c(c1)CCN2. The fraction of sp³-hybridized carbons (Fsp3) is 0.600. The summed E-state index contributed by atoms with van der Waals surface area (Å²) in [5.74, 6) is 0. The first-order valence-electron chi connectivity index (χ1n) is 6.91. The van der Waals surface area contributed by atoms with Crippen LogP contribution in [-0.2, 0) is 13.0 Å². The lowest BCUT2D eigenvalue weighted by molar-refractivity contribution is 0.266. The van der Waals surface area contributed by atoms with Crippen LogP contribution in [0.3, 0.4) is 0 Å². The van der Waals surface area contributed by atoms with E-state index in [-0.39, 0.29) is 0 Å². The number of nitrogens with zero attached hydrogens (tertiary/aromatic N) is 1. The van der Waals surface area contributed by atoms with Gasteiger partial charge in [-0.3, -0.25) is 4.90 Å². The summed E-state index contributed by atoms with van der Waals surface area (Å²) >= 11 is 0. The highest BCUT2D eigenvalue weighted by Gasteiger charge is 2.11. The van der Waals surface area contributed by atoms with Crippen LogP contribution in [-0.4, -0.2) is 24.5 Å². The third-order valence-corrected chi connectivity index (χ3v) is 3.37. The second kappa shape index (κ2) is 6.06. The van der Waals surface area contributed by atoms with Crippen molar-refractivity contribution in [3.05, 3.63) is 29.3 Å². The Hall–Kier alpha value is -1.02. The predicted molar refractivity (Wildman–Crippen MR) is 74.5 cm³/mol. The largest absolute Gasteiger partial charge is 0.384 e. The highest BCUT2D eigenvalue weighted by molar-refractivity contribution is 5.56. The summed E-state index contributed by atoms with van der Waals surface area (Å²) in [5.41, 5.74) is 4.30. The molecule has 1 aromatic rings. The summed E-state index contributed by atoms with van der Waals surface area (Å²) in [6.45, 7) is 9.15. The van der Waals surface area contributed by atoms with Gasteiger partial charge in [0, 0.05) is 18.8 Å². The van der Waals surface area contributed by atoms with Gasteiger partial charge in [-0.05, 0) is 49.5 Å². The Morgan fingerprint density at radius 2 is 1.94 bits per heavy atom. The molecule has 1 aliphatic rings. The van der Waals surface area contributed by atoms with Crippen molar-refractivity contribution in [2.75, 3.05) is 25.0 Å². The van der Waals surface area contributed by atoms with Crippen molar-refractivity contribution in [3.8, 4) is 0 Å². The van der Waals surface area contributed by atoms with Gasteiger partial charge in [0.25, 0.3) is 0 Å². The van der Waals surface area contributed by atoms with Crippen molar-refractivity contribution < 1.29 is 0 Å². The van der Waals surface area contributed by atoms with Crippen molar-refractivity contribution in [1.82, 2.24) is 4.90 Å². The Bertz CT molecular complexity index is 354. The van der Waals surface area contributed by atoms with Gasteiger partial charge in [-0.15, -0.1) is 0 Å². The zero-order chi connectivity index (χ0) is 12.1. The van der Waals surface area contributed by atoms with Crippen molar-refractivity contribution in [2.24, 2.45) is 0 Å². The third kappa shape index (κ3) is 3.22. The van der Waals surface area contributed by atoms with Gasteiger partial charge in [0.2, 0.25) is 0 Å². The van der Waals surface area contributed by atoms with E-state index in [0.717, 1.165) is 13.1 Å². The van der Waals surface area contributed by atoms with Crippen LogP contribution in [0.4, 0.5) is 5.69 Å². The molecule has 0 unspecified atom stereocenters. The molecule has 0 radical (unpaired) electrons. The molecule has 0 amide bonds. The van der Waals surface area contributed by atoms with E-state index in [1.807, 2.05) is 0 Å². The molecule has 1 aliphatic heterocycles. The molecule has 0 fully saturated rings. The van der Waals surface area contributed by atoms with Gasteiger partial charge in [0.05, 0.1) is 0 Å². The van der Waals surface area contributed by atoms with E-state index in [1.54, 1.807) is 0 Å². The molecule has 2 heteroatoms. The minimum atomic E-state index is 1.10. The Morgan fingerprint density at radius 3 is 2.65 bits per heavy atom. The number of rotatable bonds is 6. The minimum Gasteiger partial charge on any atom is -0.384 e. The topological polar surface area (TPSA) is 15.3 Å². The van der Waals surface area contributed by atoms with Gasteiger partial charge in [0.15, 0.2) is 0 Å². The molecular weight excluding hydrogens is 208 g/mol. The normalized spacial score (nSPS) is 13.8. The zero-order valence-corrected chi connectivity index (χ0v) is 11.1. The second-order valence-corrected chi connectivity index (χ2v) is 4.94. The van der Waals surface area contributed by atoms with Crippen LogP contribution in [0.1, 0.15) is 37.8 Å². The second-order valence-electron chi connectivity index (χ2n) is 4.94. The van der Waals surface area contributed by atoms with Crippen LogP contribution in [0.2, 0.25) is 0 Å². The number of anilines is 1. The van der Waals surface area contributed by atoms with Gasteiger partial charge in [0.1, 0.15) is 0 Å². The number of nitrogens with one attached hydrogen (secondary N) is 1. The van der Waals surface area contributed by atoms with Crippen molar-refractivity contribution >= 4 is 5.69 Å². The predicted octanol–water partition coefficient (Wildman–Crippen LogP) is 3.28. The first-order valence-corrected chi connectivity index (χ1v) is 6.91. The van der Waals surface area contributed by atoms with Gasteiger partial charge < -0.3 is 5.32 Å². The molecule has 1 N–H and O–H groups in total. The lowest BCUT2D eigenvalue weighted by atomic mass is 10.1. The summed E-state index contributed by atoms with van der Waals surface area (Å²) < 4.78 is 0. The third-order valence-electron chi connectivity index (χ3n) is 3.37. The summed E-state index contributed by atoms with van der Waals surface area (Å²) in [7, 11) is 0. The average Bonchev–Trinajstić information content (AvgIpc) is 2.77. The van der Waals surface area contributed by atoms with Crippen LogP contribution in [0.25, 0.3) is 0 Å². The van der Waals surface area contributed by atoms with E-state index in [9.17, 15) is 0 Å². The number of benzene rings is 1. The van der Waals surface area contributed by atoms with Gasteiger partial charge in [-0.2, -0.15) is 0 Å². The molecule has 0 saturated carbocycles. The summed E-state index contributed by atoms with van der Waals surface area (Å²) in [4.78, 5) is 2.56. The van der Waals surface area contributed by atoms with Crippen molar-refractivity contribution in [3.63, 3.8) is 0 Å².